The molecule has 2 atom stereocenters. The summed E-state index contributed by atoms with van der Waals surface area (Å²) in [6.07, 6.45) is 1.64. The first kappa shape index (κ1) is 17.8. The predicted octanol–water partition coefficient (Wildman–Crippen LogP) is 1.71. The van der Waals surface area contributed by atoms with Crippen molar-refractivity contribution in [1.29, 1.82) is 0 Å². The lowest BCUT2D eigenvalue weighted by Gasteiger charge is -2.21. The molecule has 6 nitrogen and oxygen atoms in total. The van der Waals surface area contributed by atoms with E-state index in [1.54, 1.807) is 13.3 Å². The van der Waals surface area contributed by atoms with Gasteiger partial charge < -0.3 is 19.4 Å². The highest BCUT2D eigenvalue weighted by atomic mass is 127. The van der Waals surface area contributed by atoms with Crippen molar-refractivity contribution in [2.24, 2.45) is 16.8 Å². The summed E-state index contributed by atoms with van der Waals surface area (Å²) in [6, 6.07) is 3.76. The number of aliphatic imine (C=N–C) groups is 1. The number of hydrogen-bond donors (Lipinski definition) is 1. The van der Waals surface area contributed by atoms with E-state index in [0.29, 0.717) is 13.1 Å². The zero-order chi connectivity index (χ0) is 14.5. The monoisotopic (exact) mass is 407 g/mol. The maximum absolute atomic E-state index is 11.7. The first-order valence-electron chi connectivity index (χ1n) is 6.71. The lowest BCUT2D eigenvalue weighted by atomic mass is 9.99. The topological polar surface area (TPSA) is 67.1 Å². The average Bonchev–Trinajstić information content (AvgIpc) is 3.08. The molecule has 0 saturated carbocycles. The van der Waals surface area contributed by atoms with Crippen molar-refractivity contribution in [3.05, 3.63) is 24.2 Å². The molecule has 1 aromatic rings. The molecule has 1 aliphatic heterocycles. The van der Waals surface area contributed by atoms with Gasteiger partial charge in [-0.15, -0.1) is 24.0 Å². The molecular formula is C14H22IN3O3. The third-order valence-electron chi connectivity index (χ3n) is 3.63. The van der Waals surface area contributed by atoms with Gasteiger partial charge >= 0.3 is 5.97 Å². The van der Waals surface area contributed by atoms with E-state index in [1.807, 2.05) is 12.1 Å². The zero-order valence-corrected chi connectivity index (χ0v) is 14.9. The van der Waals surface area contributed by atoms with Gasteiger partial charge in [0.2, 0.25) is 0 Å². The third-order valence-corrected chi connectivity index (χ3v) is 3.63. The number of hydrogen-bond acceptors (Lipinski definition) is 4. The Morgan fingerprint density at radius 1 is 1.57 bits per heavy atom. The molecule has 21 heavy (non-hydrogen) atoms. The van der Waals surface area contributed by atoms with Gasteiger partial charge in [-0.25, -0.2) is 0 Å². The van der Waals surface area contributed by atoms with Crippen LogP contribution in [0.5, 0.6) is 0 Å². The summed E-state index contributed by atoms with van der Waals surface area (Å²) in [5.41, 5.74) is 0. The van der Waals surface area contributed by atoms with Crippen LogP contribution in [0, 0.1) is 11.8 Å². The van der Waals surface area contributed by atoms with Crippen molar-refractivity contribution in [1.82, 2.24) is 10.2 Å². The Bertz CT molecular complexity index is 476. The molecule has 2 unspecified atom stereocenters. The second-order valence-corrected chi connectivity index (χ2v) is 4.99. The van der Waals surface area contributed by atoms with Crippen LogP contribution in [0.1, 0.15) is 12.7 Å². The number of halogens is 1. The van der Waals surface area contributed by atoms with Gasteiger partial charge in [0.05, 0.1) is 25.8 Å². The summed E-state index contributed by atoms with van der Waals surface area (Å²) in [5.74, 6) is 1.64. The highest BCUT2D eigenvalue weighted by Crippen LogP contribution is 2.24. The summed E-state index contributed by atoms with van der Waals surface area (Å²) in [6.45, 7) is 4.05. The number of esters is 1. The highest BCUT2D eigenvalue weighted by Gasteiger charge is 2.36. The van der Waals surface area contributed by atoms with Gasteiger partial charge in [0.15, 0.2) is 5.96 Å². The summed E-state index contributed by atoms with van der Waals surface area (Å²) in [4.78, 5) is 18.0. The van der Waals surface area contributed by atoms with Crippen LogP contribution in [0.2, 0.25) is 0 Å². The molecule has 1 aliphatic rings. The Morgan fingerprint density at radius 3 is 2.90 bits per heavy atom. The molecule has 7 heteroatoms. The number of nitrogens with zero attached hydrogens (tertiary/aromatic N) is 2. The fourth-order valence-corrected chi connectivity index (χ4v) is 2.51. The molecule has 2 heterocycles. The first-order chi connectivity index (χ1) is 9.65. The van der Waals surface area contributed by atoms with Crippen molar-refractivity contribution in [3.8, 4) is 0 Å². The minimum Gasteiger partial charge on any atom is -0.469 e. The molecule has 1 aromatic heterocycles. The molecule has 1 N–H and O–H groups in total. The minimum atomic E-state index is -0.151. The summed E-state index contributed by atoms with van der Waals surface area (Å²) in [5, 5.41) is 3.24. The normalized spacial score (nSPS) is 21.9. The Balaban J connectivity index is 0.00000220. The quantitative estimate of drug-likeness (QED) is 0.358. The smallest absolute Gasteiger partial charge is 0.310 e. The Hall–Kier alpha value is -1.25. The molecule has 1 fully saturated rings. The van der Waals surface area contributed by atoms with E-state index < -0.39 is 0 Å². The van der Waals surface area contributed by atoms with Crippen molar-refractivity contribution < 1.29 is 13.9 Å². The van der Waals surface area contributed by atoms with Crippen LogP contribution in [-0.4, -0.2) is 44.1 Å². The summed E-state index contributed by atoms with van der Waals surface area (Å²) >= 11 is 0. The number of rotatable bonds is 3. The van der Waals surface area contributed by atoms with Crippen molar-refractivity contribution in [2.45, 2.75) is 13.5 Å². The Labute approximate surface area is 141 Å². The SMILES string of the molecule is CN=C(NCc1ccco1)N1CC(C)C(C(=O)OC)C1.I. The lowest BCUT2D eigenvalue weighted by Crippen LogP contribution is -2.40. The van der Waals surface area contributed by atoms with Gasteiger partial charge in [-0.3, -0.25) is 9.79 Å². The van der Waals surface area contributed by atoms with Gasteiger partial charge in [-0.2, -0.15) is 0 Å². The molecule has 0 aliphatic carbocycles. The second kappa shape index (κ2) is 8.26. The summed E-state index contributed by atoms with van der Waals surface area (Å²) < 4.78 is 10.1. The van der Waals surface area contributed by atoms with Gasteiger partial charge in [0, 0.05) is 20.1 Å². The molecule has 0 aromatic carbocycles. The van der Waals surface area contributed by atoms with Crippen LogP contribution in [0.15, 0.2) is 27.8 Å². The van der Waals surface area contributed by atoms with E-state index in [0.717, 1.165) is 18.3 Å². The van der Waals surface area contributed by atoms with Crippen LogP contribution in [0.25, 0.3) is 0 Å². The number of methoxy groups -OCH3 is 1. The standard InChI is InChI=1S/C14H21N3O3.HI/c1-10-8-17(9-12(10)13(18)19-3)14(15-2)16-7-11-5-4-6-20-11;/h4-6,10,12H,7-9H2,1-3H3,(H,15,16);1H. The van der Waals surface area contributed by atoms with Crippen molar-refractivity contribution in [2.75, 3.05) is 27.2 Å². The largest absolute Gasteiger partial charge is 0.469 e. The predicted molar refractivity (Wildman–Crippen MR) is 90.6 cm³/mol. The molecule has 118 valence electrons. The van der Waals surface area contributed by atoms with Crippen molar-refractivity contribution >= 4 is 35.9 Å². The fourth-order valence-electron chi connectivity index (χ4n) is 2.51. The first-order valence-corrected chi connectivity index (χ1v) is 6.71. The molecule has 0 spiro atoms. The van der Waals surface area contributed by atoms with Crippen LogP contribution in [-0.2, 0) is 16.1 Å². The Kier molecular flexibility index (Phi) is 7.00. The van der Waals surface area contributed by atoms with E-state index in [9.17, 15) is 4.79 Å². The summed E-state index contributed by atoms with van der Waals surface area (Å²) in [7, 11) is 3.17. The number of ether oxygens (including phenoxy) is 1. The highest BCUT2D eigenvalue weighted by molar-refractivity contribution is 14.0. The second-order valence-electron chi connectivity index (χ2n) is 4.99. The molecular weight excluding hydrogens is 385 g/mol. The maximum Gasteiger partial charge on any atom is 0.310 e. The number of guanidine groups is 1. The van der Waals surface area contributed by atoms with Gasteiger partial charge in [0.25, 0.3) is 0 Å². The van der Waals surface area contributed by atoms with E-state index in [-0.39, 0.29) is 41.8 Å². The van der Waals surface area contributed by atoms with Crippen molar-refractivity contribution in [3.63, 3.8) is 0 Å². The van der Waals surface area contributed by atoms with Crippen LogP contribution in [0.4, 0.5) is 0 Å². The number of nitrogens with one attached hydrogen (secondary N) is 1. The Morgan fingerprint density at radius 2 is 2.33 bits per heavy atom. The average molecular weight is 407 g/mol. The van der Waals surface area contributed by atoms with Gasteiger partial charge in [-0.05, 0) is 18.1 Å². The molecule has 0 bridgehead atoms. The molecule has 2 rings (SSSR count). The molecule has 1 saturated heterocycles. The van der Waals surface area contributed by atoms with Crippen LogP contribution < -0.4 is 5.32 Å². The molecule has 0 radical (unpaired) electrons. The van der Waals surface area contributed by atoms with Gasteiger partial charge in [0.1, 0.15) is 5.76 Å². The van der Waals surface area contributed by atoms with E-state index in [2.05, 4.69) is 22.1 Å². The number of likely N-dealkylation sites (tertiary alicyclic amines) is 1. The number of carbonyl (C=O) groups excluding carboxylic acids is 1. The fraction of sp³-hybridized carbons (Fsp3) is 0.571. The molecule has 0 amide bonds. The van der Waals surface area contributed by atoms with Crippen LogP contribution >= 0.6 is 24.0 Å². The third kappa shape index (κ3) is 4.36. The van der Waals surface area contributed by atoms with E-state index in [1.165, 1.54) is 7.11 Å². The number of furan rings is 1. The zero-order valence-electron chi connectivity index (χ0n) is 12.5. The maximum atomic E-state index is 11.7. The van der Waals surface area contributed by atoms with E-state index in [4.69, 9.17) is 9.15 Å². The van der Waals surface area contributed by atoms with Crippen LogP contribution in [0.3, 0.4) is 0 Å². The lowest BCUT2D eigenvalue weighted by molar-refractivity contribution is -0.145. The minimum absolute atomic E-state index is 0. The van der Waals surface area contributed by atoms with E-state index >= 15 is 0 Å². The number of carbonyl (C=O) groups is 1. The van der Waals surface area contributed by atoms with Gasteiger partial charge in [-0.1, -0.05) is 6.92 Å².